The summed E-state index contributed by atoms with van der Waals surface area (Å²) in [6.45, 7) is 0. The van der Waals surface area contributed by atoms with E-state index in [-0.39, 0.29) is 6.42 Å². The third-order valence-corrected chi connectivity index (χ3v) is 2.71. The lowest BCUT2D eigenvalue weighted by Gasteiger charge is -2.13. The van der Waals surface area contributed by atoms with Crippen molar-refractivity contribution in [2.75, 3.05) is 12.4 Å². The van der Waals surface area contributed by atoms with Crippen molar-refractivity contribution in [3.8, 4) is 0 Å². The predicted molar refractivity (Wildman–Crippen MR) is 56.1 cm³/mol. The molecule has 0 aromatic heterocycles. The van der Waals surface area contributed by atoms with E-state index in [0.717, 1.165) is 4.90 Å². The van der Waals surface area contributed by atoms with Gasteiger partial charge in [0.25, 0.3) is 5.91 Å². The van der Waals surface area contributed by atoms with Crippen molar-refractivity contribution in [2.45, 2.75) is 12.5 Å². The molecule has 0 aliphatic carbocycles. The number of carbonyl (C=O) groups is 2. The van der Waals surface area contributed by atoms with Crippen LogP contribution in [-0.2, 0) is 9.59 Å². The molecular formula is C11H9F3N2O2. The van der Waals surface area contributed by atoms with Crippen molar-refractivity contribution in [1.29, 1.82) is 0 Å². The van der Waals surface area contributed by atoms with Crippen LogP contribution in [0.15, 0.2) is 12.1 Å². The van der Waals surface area contributed by atoms with Crippen LogP contribution in [0.2, 0.25) is 0 Å². The Labute approximate surface area is 100 Å². The second-order valence-corrected chi connectivity index (χ2v) is 3.94. The quantitative estimate of drug-likeness (QED) is 0.813. The summed E-state index contributed by atoms with van der Waals surface area (Å²) in [6.07, 6.45) is -0.189. The molecule has 1 atom stereocenters. The van der Waals surface area contributed by atoms with Gasteiger partial charge in [-0.05, 0) is 0 Å². The van der Waals surface area contributed by atoms with Crippen molar-refractivity contribution in [2.24, 2.45) is 0 Å². The number of nitrogens with zero attached hydrogens (tertiary/aromatic N) is 1. The molecule has 4 nitrogen and oxygen atoms in total. The highest BCUT2D eigenvalue weighted by atomic mass is 19.1. The van der Waals surface area contributed by atoms with E-state index >= 15 is 0 Å². The lowest BCUT2D eigenvalue weighted by Crippen LogP contribution is -2.32. The number of halogens is 3. The Morgan fingerprint density at radius 3 is 2.22 bits per heavy atom. The third-order valence-electron chi connectivity index (χ3n) is 2.71. The predicted octanol–water partition coefficient (Wildman–Crippen LogP) is 1.27. The summed E-state index contributed by atoms with van der Waals surface area (Å²) in [4.78, 5) is 23.6. The van der Waals surface area contributed by atoms with E-state index in [2.05, 4.69) is 5.32 Å². The van der Waals surface area contributed by atoms with Crippen LogP contribution in [0.1, 0.15) is 6.42 Å². The number of nitrogens with one attached hydrogen (secondary N) is 1. The molecule has 1 aromatic rings. The summed E-state index contributed by atoms with van der Waals surface area (Å²) in [6, 6.07) is -0.0378. The van der Waals surface area contributed by atoms with Gasteiger partial charge in [0, 0.05) is 19.2 Å². The first-order valence-electron chi connectivity index (χ1n) is 5.11. The molecule has 0 spiro atoms. The number of carbonyl (C=O) groups excluding carboxylic acids is 2. The fraction of sp³-hybridized carbons (Fsp3) is 0.273. The molecule has 18 heavy (non-hydrogen) atoms. The summed E-state index contributed by atoms with van der Waals surface area (Å²) in [5.74, 6) is -4.38. The van der Waals surface area contributed by atoms with Crippen molar-refractivity contribution < 1.29 is 22.8 Å². The normalized spacial score (nSPS) is 19.6. The maximum atomic E-state index is 13.3. The van der Waals surface area contributed by atoms with E-state index in [0.29, 0.717) is 12.1 Å². The average molecular weight is 258 g/mol. The van der Waals surface area contributed by atoms with Crippen LogP contribution in [0.5, 0.6) is 0 Å². The van der Waals surface area contributed by atoms with Gasteiger partial charge in [0.2, 0.25) is 5.91 Å². The minimum atomic E-state index is -1.15. The van der Waals surface area contributed by atoms with Crippen molar-refractivity contribution in [1.82, 2.24) is 4.90 Å². The molecule has 1 aliphatic rings. The topological polar surface area (TPSA) is 49.4 Å². The van der Waals surface area contributed by atoms with Crippen LogP contribution < -0.4 is 5.32 Å². The molecule has 0 saturated carbocycles. The lowest BCUT2D eigenvalue weighted by atomic mass is 10.2. The van der Waals surface area contributed by atoms with Crippen LogP contribution in [0.4, 0.5) is 18.9 Å². The summed E-state index contributed by atoms with van der Waals surface area (Å²) in [5, 5.41) is 2.29. The number of likely N-dealkylation sites (tertiary alicyclic amines) is 1. The fourth-order valence-corrected chi connectivity index (χ4v) is 1.72. The van der Waals surface area contributed by atoms with Crippen molar-refractivity contribution in [3.63, 3.8) is 0 Å². The maximum Gasteiger partial charge on any atom is 0.251 e. The average Bonchev–Trinajstić information content (AvgIpc) is 2.51. The van der Waals surface area contributed by atoms with Gasteiger partial charge in [-0.3, -0.25) is 14.5 Å². The van der Waals surface area contributed by atoms with E-state index < -0.39 is 41.0 Å². The first kappa shape index (κ1) is 12.4. The molecule has 0 radical (unpaired) electrons. The highest BCUT2D eigenvalue weighted by Crippen LogP contribution is 2.23. The number of rotatable bonds is 2. The Morgan fingerprint density at radius 1 is 1.22 bits per heavy atom. The van der Waals surface area contributed by atoms with E-state index in [1.54, 1.807) is 0 Å². The summed E-state index contributed by atoms with van der Waals surface area (Å²) in [7, 11) is 1.28. The minimum Gasteiger partial charge on any atom is -0.368 e. The Bertz CT molecular complexity index is 510. The zero-order valence-corrected chi connectivity index (χ0v) is 9.34. The summed E-state index contributed by atoms with van der Waals surface area (Å²) >= 11 is 0. The number of amides is 2. The molecule has 7 heteroatoms. The van der Waals surface area contributed by atoms with E-state index in [1.807, 2.05) is 0 Å². The molecule has 0 bridgehead atoms. The molecule has 1 aromatic carbocycles. The molecule has 1 heterocycles. The van der Waals surface area contributed by atoms with Crippen LogP contribution >= 0.6 is 0 Å². The van der Waals surface area contributed by atoms with E-state index in [1.165, 1.54) is 7.05 Å². The Morgan fingerprint density at radius 2 is 1.78 bits per heavy atom. The number of benzene rings is 1. The Hall–Kier alpha value is -2.05. The second kappa shape index (κ2) is 4.32. The van der Waals surface area contributed by atoms with Crippen LogP contribution in [0.3, 0.4) is 0 Å². The van der Waals surface area contributed by atoms with Gasteiger partial charge in [-0.2, -0.15) is 0 Å². The first-order valence-corrected chi connectivity index (χ1v) is 5.11. The largest absolute Gasteiger partial charge is 0.368 e. The molecule has 96 valence electrons. The number of anilines is 1. The Kier molecular flexibility index (Phi) is 2.98. The van der Waals surface area contributed by atoms with Gasteiger partial charge in [-0.25, -0.2) is 13.2 Å². The molecule has 2 amide bonds. The van der Waals surface area contributed by atoms with Gasteiger partial charge in [0.15, 0.2) is 11.6 Å². The van der Waals surface area contributed by atoms with Gasteiger partial charge in [0.05, 0.1) is 6.42 Å². The first-order chi connectivity index (χ1) is 8.40. The van der Waals surface area contributed by atoms with Gasteiger partial charge in [-0.1, -0.05) is 0 Å². The molecule has 1 saturated heterocycles. The van der Waals surface area contributed by atoms with E-state index in [9.17, 15) is 22.8 Å². The summed E-state index contributed by atoms with van der Waals surface area (Å²) < 4.78 is 39.4. The summed E-state index contributed by atoms with van der Waals surface area (Å²) in [5.41, 5.74) is -0.613. The molecular weight excluding hydrogens is 249 g/mol. The van der Waals surface area contributed by atoms with Gasteiger partial charge >= 0.3 is 0 Å². The monoisotopic (exact) mass is 258 g/mol. The number of imide groups is 1. The molecule has 1 unspecified atom stereocenters. The van der Waals surface area contributed by atoms with Gasteiger partial charge < -0.3 is 5.32 Å². The SMILES string of the molecule is CN1C(=O)CC(Nc2c(F)cc(F)cc2F)C1=O. The minimum absolute atomic E-state index is 0.189. The maximum absolute atomic E-state index is 13.3. The van der Waals surface area contributed by atoms with Crippen molar-refractivity contribution >= 4 is 17.5 Å². The van der Waals surface area contributed by atoms with Crippen LogP contribution in [-0.4, -0.2) is 29.8 Å². The number of hydrogen-bond donors (Lipinski definition) is 1. The van der Waals surface area contributed by atoms with E-state index in [4.69, 9.17) is 0 Å². The standard InChI is InChI=1S/C11H9F3N2O2/c1-16-9(17)4-8(11(16)18)15-10-6(13)2-5(12)3-7(10)14/h2-3,8,15H,4H2,1H3. The lowest BCUT2D eigenvalue weighted by molar-refractivity contribution is -0.136. The molecule has 2 rings (SSSR count). The zero-order valence-electron chi connectivity index (χ0n) is 9.34. The third kappa shape index (κ3) is 2.03. The second-order valence-electron chi connectivity index (χ2n) is 3.94. The number of likely N-dealkylation sites (N-methyl/N-ethyl adjacent to an activating group) is 1. The highest BCUT2D eigenvalue weighted by molar-refractivity contribution is 6.06. The number of hydrogen-bond acceptors (Lipinski definition) is 3. The van der Waals surface area contributed by atoms with Gasteiger partial charge in [-0.15, -0.1) is 0 Å². The van der Waals surface area contributed by atoms with Crippen molar-refractivity contribution in [3.05, 3.63) is 29.6 Å². The fourth-order valence-electron chi connectivity index (χ4n) is 1.72. The van der Waals surface area contributed by atoms with Gasteiger partial charge in [0.1, 0.15) is 17.5 Å². The Balaban J connectivity index is 2.26. The van der Waals surface area contributed by atoms with Crippen LogP contribution in [0.25, 0.3) is 0 Å². The highest BCUT2D eigenvalue weighted by Gasteiger charge is 2.36. The van der Waals surface area contributed by atoms with Crippen LogP contribution in [0, 0.1) is 17.5 Å². The zero-order chi connectivity index (χ0) is 13.4. The molecule has 1 N–H and O–H groups in total. The molecule has 1 aliphatic heterocycles. The smallest absolute Gasteiger partial charge is 0.251 e. The molecule has 1 fully saturated rings.